The smallest absolute Gasteiger partial charge is 0.311 e. The molecule has 1 saturated heterocycles. The third-order valence-corrected chi connectivity index (χ3v) is 3.01. The van der Waals surface area contributed by atoms with Crippen LogP contribution in [-0.4, -0.2) is 37.4 Å². The highest BCUT2D eigenvalue weighted by Crippen LogP contribution is 2.32. The second-order valence-corrected chi connectivity index (χ2v) is 4.12. The molecule has 1 rings (SSSR count). The summed E-state index contributed by atoms with van der Waals surface area (Å²) in [6, 6.07) is 0. The summed E-state index contributed by atoms with van der Waals surface area (Å²) in [4.78, 5) is 11.2. The van der Waals surface area contributed by atoms with Gasteiger partial charge in [-0.05, 0) is 32.7 Å². The van der Waals surface area contributed by atoms with Crippen LogP contribution in [0.2, 0.25) is 0 Å². The number of carboxylic acids is 1. The van der Waals surface area contributed by atoms with Gasteiger partial charge in [0.25, 0.3) is 0 Å². The standard InChI is InChI=1S/C10H19NO3/c1-8(14-2)6-10(9(12)13)4-3-5-11-7-10/h8,11H,3-7H2,1-2H3,(H,12,13). The Morgan fingerprint density at radius 1 is 1.71 bits per heavy atom. The molecular formula is C10H19NO3. The zero-order valence-electron chi connectivity index (χ0n) is 8.88. The van der Waals surface area contributed by atoms with Crippen LogP contribution in [0.1, 0.15) is 26.2 Å². The Kier molecular flexibility index (Phi) is 3.89. The Morgan fingerprint density at radius 2 is 2.43 bits per heavy atom. The SMILES string of the molecule is COC(C)CC1(C(=O)O)CCCNC1. The van der Waals surface area contributed by atoms with Gasteiger partial charge in [-0.25, -0.2) is 0 Å². The van der Waals surface area contributed by atoms with E-state index in [9.17, 15) is 9.90 Å². The van der Waals surface area contributed by atoms with Crippen LogP contribution in [0.5, 0.6) is 0 Å². The van der Waals surface area contributed by atoms with Crippen LogP contribution in [0.4, 0.5) is 0 Å². The molecule has 4 heteroatoms. The molecule has 1 aliphatic heterocycles. The van der Waals surface area contributed by atoms with E-state index in [0.717, 1.165) is 19.4 Å². The zero-order valence-corrected chi connectivity index (χ0v) is 8.88. The maximum Gasteiger partial charge on any atom is 0.311 e. The predicted molar refractivity (Wildman–Crippen MR) is 53.3 cm³/mol. The van der Waals surface area contributed by atoms with Crippen molar-refractivity contribution in [1.29, 1.82) is 0 Å². The van der Waals surface area contributed by atoms with Crippen molar-refractivity contribution >= 4 is 5.97 Å². The van der Waals surface area contributed by atoms with E-state index in [-0.39, 0.29) is 6.10 Å². The van der Waals surface area contributed by atoms with Crippen LogP contribution < -0.4 is 5.32 Å². The van der Waals surface area contributed by atoms with E-state index in [1.54, 1.807) is 7.11 Å². The van der Waals surface area contributed by atoms with Crippen molar-refractivity contribution in [3.05, 3.63) is 0 Å². The van der Waals surface area contributed by atoms with Gasteiger partial charge in [-0.3, -0.25) is 4.79 Å². The minimum atomic E-state index is -0.700. The fraction of sp³-hybridized carbons (Fsp3) is 0.900. The summed E-state index contributed by atoms with van der Waals surface area (Å²) in [6.45, 7) is 3.41. The Labute approximate surface area is 84.6 Å². The van der Waals surface area contributed by atoms with E-state index in [2.05, 4.69) is 5.32 Å². The van der Waals surface area contributed by atoms with Crippen molar-refractivity contribution < 1.29 is 14.6 Å². The number of hydrogen-bond donors (Lipinski definition) is 2. The number of hydrogen-bond acceptors (Lipinski definition) is 3. The van der Waals surface area contributed by atoms with Crippen LogP contribution in [0.25, 0.3) is 0 Å². The lowest BCUT2D eigenvalue weighted by molar-refractivity contribution is -0.152. The molecule has 1 heterocycles. The second kappa shape index (κ2) is 4.75. The highest BCUT2D eigenvalue weighted by Gasteiger charge is 2.40. The molecule has 0 aliphatic carbocycles. The number of carboxylic acid groups (broad SMARTS) is 1. The lowest BCUT2D eigenvalue weighted by Crippen LogP contribution is -2.47. The molecule has 0 aromatic carbocycles. The fourth-order valence-electron chi connectivity index (χ4n) is 2.05. The first kappa shape index (κ1) is 11.5. The van der Waals surface area contributed by atoms with E-state index in [4.69, 9.17) is 4.74 Å². The fourth-order valence-corrected chi connectivity index (χ4v) is 2.05. The predicted octanol–water partition coefficient (Wildman–Crippen LogP) is 0.866. The highest BCUT2D eigenvalue weighted by molar-refractivity contribution is 5.75. The van der Waals surface area contributed by atoms with Gasteiger partial charge in [0, 0.05) is 13.7 Å². The van der Waals surface area contributed by atoms with E-state index < -0.39 is 11.4 Å². The summed E-state index contributed by atoms with van der Waals surface area (Å²) in [5.41, 5.74) is -0.617. The van der Waals surface area contributed by atoms with Gasteiger partial charge in [0.15, 0.2) is 0 Å². The zero-order chi connectivity index (χ0) is 10.6. The Bertz CT molecular complexity index is 200. The third kappa shape index (κ3) is 2.45. The molecule has 0 aromatic rings. The molecular weight excluding hydrogens is 182 g/mol. The number of aliphatic carboxylic acids is 1. The van der Waals surface area contributed by atoms with Crippen LogP contribution in [0, 0.1) is 5.41 Å². The number of nitrogens with one attached hydrogen (secondary N) is 1. The molecule has 82 valence electrons. The topological polar surface area (TPSA) is 58.6 Å². The van der Waals surface area contributed by atoms with Gasteiger partial charge in [-0.1, -0.05) is 0 Å². The van der Waals surface area contributed by atoms with Crippen LogP contribution >= 0.6 is 0 Å². The summed E-state index contributed by atoms with van der Waals surface area (Å²) >= 11 is 0. The number of methoxy groups -OCH3 is 1. The monoisotopic (exact) mass is 201 g/mol. The molecule has 0 bridgehead atoms. The summed E-state index contributed by atoms with van der Waals surface area (Å²) in [5, 5.41) is 12.4. The first-order valence-corrected chi connectivity index (χ1v) is 5.08. The number of carbonyl (C=O) groups is 1. The minimum Gasteiger partial charge on any atom is -0.481 e. The van der Waals surface area contributed by atoms with Gasteiger partial charge < -0.3 is 15.2 Å². The van der Waals surface area contributed by atoms with Crippen molar-refractivity contribution in [3.8, 4) is 0 Å². The highest BCUT2D eigenvalue weighted by atomic mass is 16.5. The summed E-state index contributed by atoms with van der Waals surface area (Å²) < 4.78 is 5.14. The number of piperidine rings is 1. The van der Waals surface area contributed by atoms with Gasteiger partial charge in [0.2, 0.25) is 0 Å². The molecule has 4 nitrogen and oxygen atoms in total. The van der Waals surface area contributed by atoms with Gasteiger partial charge >= 0.3 is 5.97 Å². The molecule has 0 radical (unpaired) electrons. The molecule has 1 fully saturated rings. The van der Waals surface area contributed by atoms with Gasteiger partial charge in [0.05, 0.1) is 11.5 Å². The average Bonchev–Trinajstić information content (AvgIpc) is 2.19. The molecule has 0 aromatic heterocycles. The molecule has 2 atom stereocenters. The van der Waals surface area contributed by atoms with Crippen molar-refractivity contribution in [2.24, 2.45) is 5.41 Å². The Morgan fingerprint density at radius 3 is 2.86 bits per heavy atom. The van der Waals surface area contributed by atoms with Crippen LogP contribution in [0.3, 0.4) is 0 Å². The molecule has 0 saturated carbocycles. The molecule has 2 N–H and O–H groups in total. The first-order chi connectivity index (χ1) is 6.60. The van der Waals surface area contributed by atoms with Gasteiger partial charge in [-0.15, -0.1) is 0 Å². The summed E-state index contributed by atoms with van der Waals surface area (Å²) in [5.74, 6) is -0.700. The molecule has 1 aliphatic rings. The molecule has 0 spiro atoms. The number of ether oxygens (including phenoxy) is 1. The van der Waals surface area contributed by atoms with Crippen LogP contribution in [-0.2, 0) is 9.53 Å². The summed E-state index contributed by atoms with van der Waals surface area (Å²) in [6.07, 6.45) is 2.28. The second-order valence-electron chi connectivity index (χ2n) is 4.12. The largest absolute Gasteiger partial charge is 0.481 e. The minimum absolute atomic E-state index is 0.00556. The lowest BCUT2D eigenvalue weighted by atomic mass is 9.76. The molecule has 14 heavy (non-hydrogen) atoms. The van der Waals surface area contributed by atoms with E-state index in [1.165, 1.54) is 0 Å². The normalized spacial score (nSPS) is 29.9. The van der Waals surface area contributed by atoms with E-state index in [0.29, 0.717) is 13.0 Å². The first-order valence-electron chi connectivity index (χ1n) is 5.08. The number of rotatable bonds is 4. The average molecular weight is 201 g/mol. The van der Waals surface area contributed by atoms with Crippen LogP contribution in [0.15, 0.2) is 0 Å². The van der Waals surface area contributed by atoms with Crippen molar-refractivity contribution in [2.75, 3.05) is 20.2 Å². The lowest BCUT2D eigenvalue weighted by Gasteiger charge is -2.35. The Hall–Kier alpha value is -0.610. The molecule has 0 amide bonds. The summed E-state index contributed by atoms with van der Waals surface area (Å²) in [7, 11) is 1.62. The van der Waals surface area contributed by atoms with Gasteiger partial charge in [0.1, 0.15) is 0 Å². The van der Waals surface area contributed by atoms with Crippen molar-refractivity contribution in [1.82, 2.24) is 5.32 Å². The third-order valence-electron chi connectivity index (χ3n) is 3.01. The van der Waals surface area contributed by atoms with E-state index >= 15 is 0 Å². The maximum atomic E-state index is 11.2. The Balaban J connectivity index is 2.65. The van der Waals surface area contributed by atoms with Crippen molar-refractivity contribution in [3.63, 3.8) is 0 Å². The van der Waals surface area contributed by atoms with E-state index in [1.807, 2.05) is 6.92 Å². The quantitative estimate of drug-likeness (QED) is 0.708. The maximum absolute atomic E-state index is 11.2. The molecule has 2 unspecified atom stereocenters. The van der Waals surface area contributed by atoms with Crippen molar-refractivity contribution in [2.45, 2.75) is 32.3 Å². The van der Waals surface area contributed by atoms with Gasteiger partial charge in [-0.2, -0.15) is 0 Å².